The number of benzene rings is 1. The highest BCUT2D eigenvalue weighted by Gasteiger charge is 2.22. The van der Waals surface area contributed by atoms with Crippen LogP contribution in [0.4, 0.5) is 0 Å². The standard InChI is InChI=1S/C20H25N5O/c1-13(2)12-25-17-9-4-3-7-16(17)22-18(25)10-11-21-20(26)19-14-6-5-8-15(14)23-24-19/h3-4,7,9,13H,5-6,8,10-12H2,1-2H3,(H,21,26)(H,23,24). The first-order chi connectivity index (χ1) is 12.6. The van der Waals surface area contributed by atoms with Crippen LogP contribution in [0.25, 0.3) is 11.0 Å². The molecule has 2 N–H and O–H groups in total. The molecular weight excluding hydrogens is 326 g/mol. The van der Waals surface area contributed by atoms with Crippen LogP contribution in [0.1, 0.15) is 47.8 Å². The fourth-order valence-electron chi connectivity index (χ4n) is 3.76. The van der Waals surface area contributed by atoms with Crippen LogP contribution in [-0.2, 0) is 25.8 Å². The Bertz CT molecular complexity index is 937. The van der Waals surface area contributed by atoms with E-state index < -0.39 is 0 Å². The van der Waals surface area contributed by atoms with Crippen LogP contribution in [0.15, 0.2) is 24.3 Å². The number of H-pyrrole nitrogens is 1. The van der Waals surface area contributed by atoms with Gasteiger partial charge in [-0.1, -0.05) is 26.0 Å². The van der Waals surface area contributed by atoms with Gasteiger partial charge in [0, 0.05) is 30.8 Å². The van der Waals surface area contributed by atoms with E-state index >= 15 is 0 Å². The van der Waals surface area contributed by atoms with Crippen LogP contribution in [0.3, 0.4) is 0 Å². The molecular formula is C20H25N5O. The molecule has 1 aromatic carbocycles. The first-order valence-corrected chi connectivity index (χ1v) is 9.42. The number of carbonyl (C=O) groups is 1. The van der Waals surface area contributed by atoms with Gasteiger partial charge in [0.05, 0.1) is 11.0 Å². The van der Waals surface area contributed by atoms with Crippen molar-refractivity contribution in [1.82, 2.24) is 25.1 Å². The summed E-state index contributed by atoms with van der Waals surface area (Å²) in [6, 6.07) is 8.21. The van der Waals surface area contributed by atoms with Crippen LogP contribution in [-0.4, -0.2) is 32.2 Å². The van der Waals surface area contributed by atoms with E-state index in [1.54, 1.807) is 0 Å². The number of aromatic amines is 1. The Kier molecular flexibility index (Phi) is 4.49. The van der Waals surface area contributed by atoms with Crippen molar-refractivity contribution in [3.63, 3.8) is 0 Å². The number of amides is 1. The number of nitrogens with zero attached hydrogens (tertiary/aromatic N) is 3. The van der Waals surface area contributed by atoms with Crippen molar-refractivity contribution in [2.24, 2.45) is 5.92 Å². The van der Waals surface area contributed by atoms with Gasteiger partial charge in [0.1, 0.15) is 5.82 Å². The summed E-state index contributed by atoms with van der Waals surface area (Å²) in [5.74, 6) is 1.47. The molecule has 2 aromatic heterocycles. The molecule has 1 aliphatic rings. The van der Waals surface area contributed by atoms with Crippen LogP contribution >= 0.6 is 0 Å². The lowest BCUT2D eigenvalue weighted by Gasteiger charge is -2.12. The normalized spacial score (nSPS) is 13.5. The lowest BCUT2D eigenvalue weighted by atomic mass is 10.2. The molecule has 4 rings (SSSR count). The summed E-state index contributed by atoms with van der Waals surface area (Å²) in [6.45, 7) is 5.90. The fourth-order valence-corrected chi connectivity index (χ4v) is 3.76. The number of fused-ring (bicyclic) bond motifs is 2. The van der Waals surface area contributed by atoms with E-state index in [1.165, 1.54) is 0 Å². The van der Waals surface area contributed by atoms with Gasteiger partial charge in [0.25, 0.3) is 5.91 Å². The SMILES string of the molecule is CC(C)Cn1c(CCNC(=O)c2n[nH]c3c2CCC3)nc2ccccc21. The van der Waals surface area contributed by atoms with Gasteiger partial charge in [0.15, 0.2) is 5.69 Å². The monoisotopic (exact) mass is 351 g/mol. The lowest BCUT2D eigenvalue weighted by Crippen LogP contribution is -2.27. The Morgan fingerprint density at radius 1 is 1.31 bits per heavy atom. The van der Waals surface area contributed by atoms with E-state index in [4.69, 9.17) is 4.98 Å². The summed E-state index contributed by atoms with van der Waals surface area (Å²) in [5.41, 5.74) is 4.95. The van der Waals surface area contributed by atoms with Crippen molar-refractivity contribution in [1.29, 1.82) is 0 Å². The topological polar surface area (TPSA) is 75.6 Å². The number of aromatic nitrogens is 4. The molecule has 26 heavy (non-hydrogen) atoms. The zero-order valence-electron chi connectivity index (χ0n) is 15.4. The van der Waals surface area contributed by atoms with E-state index in [0.29, 0.717) is 24.6 Å². The van der Waals surface area contributed by atoms with Crippen molar-refractivity contribution >= 4 is 16.9 Å². The number of imidazole rings is 1. The minimum Gasteiger partial charge on any atom is -0.350 e. The number of aryl methyl sites for hydroxylation is 1. The van der Waals surface area contributed by atoms with E-state index in [1.807, 2.05) is 18.2 Å². The molecule has 0 saturated heterocycles. The van der Waals surface area contributed by atoms with Crippen molar-refractivity contribution in [2.75, 3.05) is 6.54 Å². The summed E-state index contributed by atoms with van der Waals surface area (Å²) in [6.07, 6.45) is 3.75. The summed E-state index contributed by atoms with van der Waals surface area (Å²) in [7, 11) is 0. The summed E-state index contributed by atoms with van der Waals surface area (Å²) < 4.78 is 2.28. The molecule has 0 radical (unpaired) electrons. The molecule has 0 unspecified atom stereocenters. The molecule has 136 valence electrons. The molecule has 6 heteroatoms. The van der Waals surface area contributed by atoms with E-state index in [2.05, 4.69) is 40.0 Å². The Morgan fingerprint density at radius 3 is 3.00 bits per heavy atom. The summed E-state index contributed by atoms with van der Waals surface area (Å²) >= 11 is 0. The molecule has 0 saturated carbocycles. The maximum Gasteiger partial charge on any atom is 0.272 e. The minimum absolute atomic E-state index is 0.0871. The third-order valence-electron chi connectivity index (χ3n) is 4.94. The first kappa shape index (κ1) is 16.8. The number of rotatable bonds is 6. The van der Waals surface area contributed by atoms with Gasteiger partial charge >= 0.3 is 0 Å². The maximum absolute atomic E-state index is 12.5. The van der Waals surface area contributed by atoms with E-state index in [-0.39, 0.29) is 5.91 Å². The minimum atomic E-state index is -0.0871. The molecule has 6 nitrogen and oxygen atoms in total. The average Bonchev–Trinajstić information content (AvgIpc) is 3.29. The second kappa shape index (κ2) is 6.94. The quantitative estimate of drug-likeness (QED) is 0.717. The fraction of sp³-hybridized carbons (Fsp3) is 0.450. The molecule has 0 spiro atoms. The van der Waals surface area contributed by atoms with Gasteiger partial charge in [-0.05, 0) is 37.3 Å². The smallest absolute Gasteiger partial charge is 0.272 e. The number of nitrogens with one attached hydrogen (secondary N) is 2. The molecule has 3 aromatic rings. The zero-order valence-corrected chi connectivity index (χ0v) is 15.4. The van der Waals surface area contributed by atoms with Gasteiger partial charge in [0.2, 0.25) is 0 Å². The Labute approximate surface area is 153 Å². The number of hydrogen-bond donors (Lipinski definition) is 2. The van der Waals surface area contributed by atoms with Crippen molar-refractivity contribution in [3.05, 3.63) is 47.0 Å². The average molecular weight is 351 g/mol. The van der Waals surface area contributed by atoms with Gasteiger partial charge < -0.3 is 9.88 Å². The van der Waals surface area contributed by atoms with Gasteiger partial charge in [-0.2, -0.15) is 5.10 Å². The van der Waals surface area contributed by atoms with Crippen LogP contribution < -0.4 is 5.32 Å². The molecule has 2 heterocycles. The van der Waals surface area contributed by atoms with Crippen LogP contribution in [0.5, 0.6) is 0 Å². The van der Waals surface area contributed by atoms with Crippen molar-refractivity contribution in [2.45, 2.75) is 46.1 Å². The number of hydrogen-bond acceptors (Lipinski definition) is 3. The van der Waals surface area contributed by atoms with Crippen molar-refractivity contribution in [3.8, 4) is 0 Å². The first-order valence-electron chi connectivity index (χ1n) is 9.42. The van der Waals surface area contributed by atoms with Crippen molar-refractivity contribution < 1.29 is 4.79 Å². The van der Waals surface area contributed by atoms with E-state index in [0.717, 1.165) is 53.9 Å². The summed E-state index contributed by atoms with van der Waals surface area (Å²) in [4.78, 5) is 17.2. The van der Waals surface area contributed by atoms with Gasteiger partial charge in [-0.15, -0.1) is 0 Å². The summed E-state index contributed by atoms with van der Waals surface area (Å²) in [5, 5.41) is 10.2. The number of para-hydroxylation sites is 2. The molecule has 0 atom stereocenters. The molecule has 1 aliphatic carbocycles. The Hall–Kier alpha value is -2.63. The molecule has 1 amide bonds. The van der Waals surface area contributed by atoms with Gasteiger partial charge in [-0.25, -0.2) is 4.98 Å². The van der Waals surface area contributed by atoms with Crippen LogP contribution in [0, 0.1) is 5.92 Å². The largest absolute Gasteiger partial charge is 0.350 e. The Morgan fingerprint density at radius 2 is 2.15 bits per heavy atom. The number of carbonyl (C=O) groups excluding carboxylic acids is 1. The second-order valence-corrected chi connectivity index (χ2v) is 7.41. The highest BCUT2D eigenvalue weighted by atomic mass is 16.1. The maximum atomic E-state index is 12.5. The predicted octanol–water partition coefficient (Wildman–Crippen LogP) is 2.88. The predicted molar refractivity (Wildman–Crippen MR) is 101 cm³/mol. The van der Waals surface area contributed by atoms with Gasteiger partial charge in [-0.3, -0.25) is 9.89 Å². The molecule has 0 aliphatic heterocycles. The highest BCUT2D eigenvalue weighted by Crippen LogP contribution is 2.22. The van der Waals surface area contributed by atoms with E-state index in [9.17, 15) is 4.79 Å². The van der Waals surface area contributed by atoms with Crippen LogP contribution in [0.2, 0.25) is 0 Å². The third-order valence-corrected chi connectivity index (χ3v) is 4.94. The lowest BCUT2D eigenvalue weighted by molar-refractivity contribution is 0.0948. The molecule has 0 fully saturated rings. The molecule has 0 bridgehead atoms. The third kappa shape index (κ3) is 3.11. The Balaban J connectivity index is 1.46. The highest BCUT2D eigenvalue weighted by molar-refractivity contribution is 5.94. The zero-order chi connectivity index (χ0) is 18.1. The second-order valence-electron chi connectivity index (χ2n) is 7.41.